The number of carbonyl (C=O) groups is 9. The number of hydrogen-bond acceptors (Lipinski definition) is 12. The monoisotopic (exact) mass is 1000 g/mol. The zero-order chi connectivity index (χ0) is 52.4. The van der Waals surface area contributed by atoms with Crippen LogP contribution in [0.4, 0.5) is 0 Å². The number of unbranched alkanes of at least 4 members (excludes halogenated alkanes) is 1. The van der Waals surface area contributed by atoms with Crippen LogP contribution in [0.5, 0.6) is 0 Å². The lowest BCUT2D eigenvalue weighted by atomic mass is 9.99. The van der Waals surface area contributed by atoms with Gasteiger partial charge in [-0.25, -0.2) is 4.79 Å². The van der Waals surface area contributed by atoms with E-state index < -0.39 is 108 Å². The molecule has 0 fully saturated rings. The van der Waals surface area contributed by atoms with E-state index >= 15 is 0 Å². The van der Waals surface area contributed by atoms with Gasteiger partial charge in [0, 0.05) is 52.8 Å². The molecule has 0 spiro atoms. The Bertz CT molecular complexity index is 2510. The van der Waals surface area contributed by atoms with Crippen molar-refractivity contribution in [1.29, 1.82) is 0 Å². The van der Waals surface area contributed by atoms with Gasteiger partial charge in [-0.3, -0.25) is 38.4 Å². The van der Waals surface area contributed by atoms with Crippen LogP contribution >= 0.6 is 12.6 Å². The molecule has 0 saturated heterocycles. The third-order valence-corrected chi connectivity index (χ3v) is 12.4. The summed E-state index contributed by atoms with van der Waals surface area (Å²) in [4.78, 5) is 126. The highest BCUT2D eigenvalue weighted by Crippen LogP contribution is 2.21. The van der Waals surface area contributed by atoms with Crippen molar-refractivity contribution in [1.82, 2.24) is 52.5 Å². The van der Waals surface area contributed by atoms with Gasteiger partial charge in [-0.2, -0.15) is 12.6 Å². The van der Waals surface area contributed by atoms with Crippen molar-refractivity contribution in [2.24, 2.45) is 17.4 Å². The Kier molecular flexibility index (Phi) is 21.9. The number of carboxylic acids is 1. The van der Waals surface area contributed by atoms with Crippen molar-refractivity contribution >= 4 is 87.7 Å². The molecule has 2 aromatic carbocycles. The van der Waals surface area contributed by atoms with Crippen molar-refractivity contribution in [2.45, 2.75) is 121 Å². The number of aromatic amines is 2. The molecule has 15 N–H and O–H groups in total. The molecule has 22 nitrogen and oxygen atoms in total. The number of nitrogens with two attached hydrogens (primary N) is 2. The third kappa shape index (κ3) is 16.6. The molecular formula is C48H68N12O10S. The standard InChI is InChI=1S/C48H68N12O10S/c1-6-25(2)40(48(69)70)60-39(61)23-53-41(62)26(3)56-45(66)36(19-29-21-51-34-16-9-7-13-31(29)34)57-46(67)37(20-30-22-52-35-17-10-8-14-32(30)35)58-47(68)38(24-71)59-43(64)28(5)54-42(63)27(4)55-44(65)33(50)15-11-12-18-49/h7-10,13-14,16-17,21-22,25-28,33,36-38,40,51-52,71H,6,11-12,15,18-20,23-24,49-50H2,1-5H3,(H,53,62)(H,54,63)(H,55,65)(H,56,66)(H,57,67)(H,58,68)(H,59,64)(H,60,61)(H,69,70)/t25-,26-,27-,28-,33-,36-,37-,38-,40-/m0/s1. The van der Waals surface area contributed by atoms with Gasteiger partial charge in [0.05, 0.1) is 12.6 Å². The Labute approximate surface area is 416 Å². The number of aromatic nitrogens is 2. The van der Waals surface area contributed by atoms with Crippen LogP contribution in [-0.4, -0.2) is 135 Å². The Morgan fingerprint density at radius 2 is 1.06 bits per heavy atom. The normalized spacial score (nSPS) is 15.0. The summed E-state index contributed by atoms with van der Waals surface area (Å²) in [5, 5.41) is 31.6. The fourth-order valence-electron chi connectivity index (χ4n) is 7.53. The number of para-hydroxylation sites is 2. The summed E-state index contributed by atoms with van der Waals surface area (Å²) < 4.78 is 0. The van der Waals surface area contributed by atoms with Gasteiger partial charge in [-0.05, 0) is 69.3 Å². The second kappa shape index (κ2) is 27.4. The molecule has 0 unspecified atom stereocenters. The second-order valence-corrected chi connectivity index (χ2v) is 17.9. The van der Waals surface area contributed by atoms with E-state index in [1.807, 2.05) is 36.4 Å². The van der Waals surface area contributed by atoms with Crippen molar-refractivity contribution in [2.75, 3.05) is 18.8 Å². The number of nitrogens with one attached hydrogen (secondary N) is 10. The first-order chi connectivity index (χ1) is 33.8. The SMILES string of the molecule is CC[C@H](C)[C@H](NC(=O)CNC(=O)[C@H](C)NC(=O)[C@H](Cc1c[nH]c2ccccc12)NC(=O)[C@H](Cc1c[nH]c2ccccc12)NC(=O)[C@H](CS)NC(=O)[C@H](C)NC(=O)[C@H](C)NC(=O)[C@@H](N)CCCCN)C(=O)O. The Hall–Kier alpha value is -6.98. The molecule has 0 bridgehead atoms. The molecule has 0 radical (unpaired) electrons. The molecule has 4 rings (SSSR count). The van der Waals surface area contributed by atoms with Gasteiger partial charge < -0.3 is 69.1 Å². The minimum absolute atomic E-state index is 0.0822. The smallest absolute Gasteiger partial charge is 0.326 e. The first-order valence-corrected chi connectivity index (χ1v) is 24.2. The quantitative estimate of drug-likeness (QED) is 0.0254. The Morgan fingerprint density at radius 1 is 0.606 bits per heavy atom. The minimum Gasteiger partial charge on any atom is -0.480 e. The lowest BCUT2D eigenvalue weighted by Gasteiger charge is -2.26. The van der Waals surface area contributed by atoms with Gasteiger partial charge in [0.15, 0.2) is 0 Å². The molecule has 0 aliphatic rings. The average molecular weight is 1010 g/mol. The van der Waals surface area contributed by atoms with Crippen molar-refractivity contribution < 1.29 is 48.3 Å². The fourth-order valence-corrected chi connectivity index (χ4v) is 7.79. The number of rotatable bonds is 28. The highest BCUT2D eigenvalue weighted by molar-refractivity contribution is 7.80. The maximum Gasteiger partial charge on any atom is 0.326 e. The van der Waals surface area contributed by atoms with Crippen LogP contribution in [0.2, 0.25) is 0 Å². The van der Waals surface area contributed by atoms with E-state index in [1.165, 1.54) is 20.8 Å². The van der Waals surface area contributed by atoms with Gasteiger partial charge >= 0.3 is 5.97 Å². The van der Waals surface area contributed by atoms with Gasteiger partial charge in [0.25, 0.3) is 0 Å². The zero-order valence-electron chi connectivity index (χ0n) is 40.6. The van der Waals surface area contributed by atoms with Crippen LogP contribution in [-0.2, 0) is 56.0 Å². The van der Waals surface area contributed by atoms with Gasteiger partial charge in [-0.1, -0.05) is 63.1 Å². The number of amides is 8. The van der Waals surface area contributed by atoms with Gasteiger partial charge in [0.1, 0.15) is 42.3 Å². The Morgan fingerprint density at radius 3 is 1.56 bits per heavy atom. The van der Waals surface area contributed by atoms with Crippen LogP contribution in [0, 0.1) is 5.92 Å². The second-order valence-electron chi connectivity index (χ2n) is 17.6. The lowest BCUT2D eigenvalue weighted by Crippen LogP contribution is -2.60. The third-order valence-electron chi connectivity index (χ3n) is 12.1. The minimum atomic E-state index is -1.37. The topological polar surface area (TPSA) is 354 Å². The van der Waals surface area contributed by atoms with Crippen LogP contribution in [0.25, 0.3) is 21.8 Å². The van der Waals surface area contributed by atoms with Crippen LogP contribution in [0.3, 0.4) is 0 Å². The summed E-state index contributed by atoms with van der Waals surface area (Å²) in [5.74, 6) is -7.77. The number of aliphatic carboxylic acids is 1. The van der Waals surface area contributed by atoms with E-state index in [1.54, 1.807) is 38.4 Å². The van der Waals surface area contributed by atoms with E-state index in [0.717, 1.165) is 21.8 Å². The first kappa shape index (κ1) is 56.6. The molecule has 9 atom stereocenters. The van der Waals surface area contributed by atoms with E-state index in [-0.39, 0.29) is 24.5 Å². The van der Waals surface area contributed by atoms with Crippen molar-refractivity contribution in [3.63, 3.8) is 0 Å². The molecule has 71 heavy (non-hydrogen) atoms. The largest absolute Gasteiger partial charge is 0.480 e. The summed E-state index contributed by atoms with van der Waals surface area (Å²) >= 11 is 4.30. The highest BCUT2D eigenvalue weighted by atomic mass is 32.1. The molecule has 4 aromatic rings. The number of thiol groups is 1. The number of carbonyl (C=O) groups excluding carboxylic acids is 8. The van der Waals surface area contributed by atoms with E-state index in [2.05, 4.69) is 65.1 Å². The zero-order valence-corrected chi connectivity index (χ0v) is 41.5. The summed E-state index contributed by atoms with van der Waals surface area (Å²) in [6.45, 7) is 7.51. The van der Waals surface area contributed by atoms with Crippen LogP contribution < -0.4 is 54.0 Å². The molecule has 0 saturated carbocycles. The van der Waals surface area contributed by atoms with Gasteiger partial charge in [0.2, 0.25) is 47.3 Å². The predicted molar refractivity (Wildman–Crippen MR) is 269 cm³/mol. The van der Waals surface area contributed by atoms with E-state index in [9.17, 15) is 48.3 Å². The molecule has 2 aromatic heterocycles. The molecule has 8 amide bonds. The predicted octanol–water partition coefficient (Wildman–Crippen LogP) is -0.479. The number of benzene rings is 2. The number of fused-ring (bicyclic) bond motifs is 2. The first-order valence-electron chi connectivity index (χ1n) is 23.6. The maximum absolute atomic E-state index is 14.6. The molecule has 23 heteroatoms. The van der Waals surface area contributed by atoms with Crippen molar-refractivity contribution in [3.05, 3.63) is 72.1 Å². The lowest BCUT2D eigenvalue weighted by molar-refractivity contribution is -0.143. The molecule has 0 aliphatic heterocycles. The summed E-state index contributed by atoms with van der Waals surface area (Å²) in [7, 11) is 0. The number of H-pyrrole nitrogens is 2. The van der Waals surface area contributed by atoms with Crippen LogP contribution in [0.1, 0.15) is 71.4 Å². The van der Waals surface area contributed by atoms with Crippen LogP contribution in [0.15, 0.2) is 60.9 Å². The summed E-state index contributed by atoms with van der Waals surface area (Å²) in [6, 6.07) is 5.01. The average Bonchev–Trinajstić information content (AvgIpc) is 3.96. The molecule has 0 aliphatic carbocycles. The summed E-state index contributed by atoms with van der Waals surface area (Å²) in [5.41, 5.74) is 14.2. The van der Waals surface area contributed by atoms with E-state index in [4.69, 9.17) is 11.5 Å². The summed E-state index contributed by atoms with van der Waals surface area (Å²) in [6.07, 6.45) is 5.36. The van der Waals surface area contributed by atoms with Gasteiger partial charge in [-0.15, -0.1) is 0 Å². The number of carboxylic acid groups (broad SMARTS) is 1. The fraction of sp³-hybridized carbons (Fsp3) is 0.479. The molecule has 386 valence electrons. The highest BCUT2D eigenvalue weighted by Gasteiger charge is 2.33. The van der Waals surface area contributed by atoms with E-state index in [0.29, 0.717) is 43.4 Å². The number of hydrogen-bond donors (Lipinski definition) is 14. The molecular weight excluding hydrogens is 937 g/mol. The maximum atomic E-state index is 14.6. The van der Waals surface area contributed by atoms with Crippen molar-refractivity contribution in [3.8, 4) is 0 Å². The molecule has 2 heterocycles. The Balaban J connectivity index is 1.52.